The van der Waals surface area contributed by atoms with E-state index in [1.165, 1.54) is 0 Å². The van der Waals surface area contributed by atoms with Gasteiger partial charge in [0, 0.05) is 36.1 Å². The largest absolute Gasteiger partial charge is 0.521 e. The fourth-order valence-corrected chi connectivity index (χ4v) is 3.89. The van der Waals surface area contributed by atoms with Crippen LogP contribution in [0.15, 0.2) is 23.7 Å². The van der Waals surface area contributed by atoms with Crippen molar-refractivity contribution in [2.45, 2.75) is 31.5 Å². The van der Waals surface area contributed by atoms with E-state index in [-0.39, 0.29) is 12.5 Å². The second-order valence-electron chi connectivity index (χ2n) is 5.51. The third kappa shape index (κ3) is 3.63. The van der Waals surface area contributed by atoms with Crippen molar-refractivity contribution in [1.29, 1.82) is 0 Å². The summed E-state index contributed by atoms with van der Waals surface area (Å²) in [5, 5.41) is 23.1. The highest BCUT2D eigenvalue weighted by atomic mass is 32.2. The molecular formula is C13H23BN2O2S. The predicted octanol–water partition coefficient (Wildman–Crippen LogP) is 1.86. The highest BCUT2D eigenvalue weighted by Crippen LogP contribution is 2.35. The Morgan fingerprint density at radius 3 is 3.00 bits per heavy atom. The van der Waals surface area contributed by atoms with Gasteiger partial charge in [0.05, 0.1) is 11.4 Å². The van der Waals surface area contributed by atoms with Crippen LogP contribution < -0.4 is 11.1 Å². The van der Waals surface area contributed by atoms with Gasteiger partial charge >= 0.3 is 0 Å². The van der Waals surface area contributed by atoms with Crippen LogP contribution in [0.5, 0.6) is 0 Å². The van der Waals surface area contributed by atoms with Crippen molar-refractivity contribution in [3.05, 3.63) is 23.7 Å². The maximum Gasteiger partial charge on any atom is 0.248 e. The first kappa shape index (κ1) is 14.7. The molecule has 0 spiro atoms. The fraction of sp³-hybridized carbons (Fsp3) is 0.692. The van der Waals surface area contributed by atoms with Gasteiger partial charge in [-0.05, 0) is 18.8 Å². The second kappa shape index (κ2) is 6.61. The lowest BCUT2D eigenvalue weighted by molar-refractivity contribution is 0.340. The highest BCUT2D eigenvalue weighted by molar-refractivity contribution is 7.99. The van der Waals surface area contributed by atoms with Gasteiger partial charge in [0.1, 0.15) is 0 Å². The number of fused-ring (bicyclic) bond motifs is 1. The Kier molecular flexibility index (Phi) is 5.10. The minimum Gasteiger partial charge on any atom is -0.521 e. The minimum absolute atomic E-state index is 0.214. The van der Waals surface area contributed by atoms with Gasteiger partial charge in [-0.3, -0.25) is 0 Å². The van der Waals surface area contributed by atoms with E-state index in [0.29, 0.717) is 30.5 Å². The summed E-state index contributed by atoms with van der Waals surface area (Å²) < 4.78 is 0. The molecule has 0 aromatic rings. The van der Waals surface area contributed by atoms with Gasteiger partial charge in [0.2, 0.25) is 6.71 Å². The van der Waals surface area contributed by atoms with E-state index in [2.05, 4.69) is 11.9 Å². The number of allylic oxidation sites excluding steroid dienone is 1. The van der Waals surface area contributed by atoms with Crippen LogP contribution in [0.1, 0.15) is 19.3 Å². The summed E-state index contributed by atoms with van der Waals surface area (Å²) in [7, 11) is 0. The monoisotopic (exact) mass is 282 g/mol. The molecule has 1 saturated heterocycles. The van der Waals surface area contributed by atoms with Gasteiger partial charge in [0.25, 0.3) is 0 Å². The molecule has 0 amide bonds. The van der Waals surface area contributed by atoms with Crippen molar-refractivity contribution in [3.63, 3.8) is 0 Å². The van der Waals surface area contributed by atoms with E-state index in [1.807, 2.05) is 0 Å². The van der Waals surface area contributed by atoms with Crippen molar-refractivity contribution in [3.8, 4) is 0 Å². The Hall–Kier alpha value is -0.745. The molecule has 6 heteroatoms. The van der Waals surface area contributed by atoms with Gasteiger partial charge in [-0.15, -0.1) is 0 Å². The molecule has 0 aliphatic carbocycles. The van der Waals surface area contributed by atoms with Crippen LogP contribution in [0.4, 0.5) is 0 Å². The molecule has 2 aliphatic rings. The SMILES string of the molecule is C=C(O)CC1CCC2NC(CSCCN)=C(O)B2C1. The van der Waals surface area contributed by atoms with Crippen LogP contribution in [0.2, 0.25) is 6.32 Å². The summed E-state index contributed by atoms with van der Waals surface area (Å²) in [5.74, 6) is 2.81. The van der Waals surface area contributed by atoms with Gasteiger partial charge in [0.15, 0.2) is 0 Å². The van der Waals surface area contributed by atoms with E-state index >= 15 is 0 Å². The molecule has 2 unspecified atom stereocenters. The van der Waals surface area contributed by atoms with E-state index in [0.717, 1.165) is 36.4 Å². The zero-order chi connectivity index (χ0) is 13.8. The predicted molar refractivity (Wildman–Crippen MR) is 82.6 cm³/mol. The minimum atomic E-state index is 0.214. The summed E-state index contributed by atoms with van der Waals surface area (Å²) in [6.07, 6.45) is 3.74. The van der Waals surface area contributed by atoms with Crippen molar-refractivity contribution < 1.29 is 10.2 Å². The van der Waals surface area contributed by atoms with Crippen LogP contribution in [0, 0.1) is 5.92 Å². The Labute approximate surface area is 119 Å². The number of thioether (sulfide) groups is 1. The number of aliphatic hydroxyl groups is 2. The lowest BCUT2D eigenvalue weighted by Gasteiger charge is -2.29. The zero-order valence-corrected chi connectivity index (χ0v) is 12.1. The third-order valence-corrected chi connectivity index (χ3v) is 5.03. The molecule has 5 N–H and O–H groups in total. The first-order chi connectivity index (χ1) is 9.11. The molecule has 2 atom stereocenters. The first-order valence-electron chi connectivity index (χ1n) is 6.95. The molecule has 2 aliphatic heterocycles. The molecule has 1 fully saturated rings. The Morgan fingerprint density at radius 1 is 1.53 bits per heavy atom. The van der Waals surface area contributed by atoms with E-state index in [1.54, 1.807) is 11.8 Å². The highest BCUT2D eigenvalue weighted by Gasteiger charge is 2.42. The zero-order valence-electron chi connectivity index (χ0n) is 11.3. The lowest BCUT2D eigenvalue weighted by Crippen LogP contribution is -2.42. The van der Waals surface area contributed by atoms with Crippen LogP contribution in [0.3, 0.4) is 0 Å². The molecule has 0 radical (unpaired) electrons. The maximum absolute atomic E-state index is 10.3. The van der Waals surface area contributed by atoms with E-state index in [9.17, 15) is 10.2 Å². The second-order valence-corrected chi connectivity index (χ2v) is 6.62. The summed E-state index contributed by atoms with van der Waals surface area (Å²) in [6.45, 7) is 4.46. The van der Waals surface area contributed by atoms with Gasteiger partial charge in [-0.25, -0.2) is 0 Å². The van der Waals surface area contributed by atoms with Crippen LogP contribution in [-0.2, 0) is 0 Å². The molecule has 0 aromatic heterocycles. The van der Waals surface area contributed by atoms with Crippen LogP contribution >= 0.6 is 11.8 Å². The van der Waals surface area contributed by atoms with Crippen molar-refractivity contribution in [2.75, 3.05) is 18.1 Å². The van der Waals surface area contributed by atoms with Gasteiger partial charge in [-0.2, -0.15) is 11.8 Å². The number of nitrogens with one attached hydrogen (secondary N) is 1. The van der Waals surface area contributed by atoms with Crippen molar-refractivity contribution in [1.82, 2.24) is 5.32 Å². The fourth-order valence-electron chi connectivity index (χ4n) is 3.15. The van der Waals surface area contributed by atoms with Crippen molar-refractivity contribution in [2.24, 2.45) is 11.7 Å². The van der Waals surface area contributed by atoms with E-state index in [4.69, 9.17) is 5.73 Å². The summed E-state index contributed by atoms with van der Waals surface area (Å²) in [4.78, 5) is 0. The smallest absolute Gasteiger partial charge is 0.248 e. The molecule has 4 nitrogen and oxygen atoms in total. The molecule has 2 rings (SSSR count). The van der Waals surface area contributed by atoms with Crippen LogP contribution in [0.25, 0.3) is 0 Å². The Morgan fingerprint density at radius 2 is 2.32 bits per heavy atom. The molecule has 0 bridgehead atoms. The summed E-state index contributed by atoms with van der Waals surface area (Å²) in [5.41, 5.74) is 6.99. The molecule has 2 heterocycles. The first-order valence-corrected chi connectivity index (χ1v) is 8.10. The maximum atomic E-state index is 10.3. The number of hydrogen-bond acceptors (Lipinski definition) is 5. The number of aliphatic hydroxyl groups excluding tert-OH is 2. The molecule has 19 heavy (non-hydrogen) atoms. The number of rotatable bonds is 6. The summed E-state index contributed by atoms with van der Waals surface area (Å²) in [6, 6.07) is 0. The Bertz CT molecular complexity index is 376. The Balaban J connectivity index is 1.92. The molecular weight excluding hydrogens is 259 g/mol. The topological polar surface area (TPSA) is 78.5 Å². The third-order valence-electron chi connectivity index (χ3n) is 4.01. The average Bonchev–Trinajstić information content (AvgIpc) is 2.67. The molecule has 0 aromatic carbocycles. The average molecular weight is 282 g/mol. The van der Waals surface area contributed by atoms with Crippen molar-refractivity contribution >= 4 is 18.5 Å². The van der Waals surface area contributed by atoms with Crippen LogP contribution in [-0.4, -0.2) is 40.9 Å². The number of hydrogen-bond donors (Lipinski definition) is 4. The lowest BCUT2D eigenvalue weighted by atomic mass is 9.36. The number of nitrogens with two attached hydrogens (primary N) is 1. The normalized spacial score (nSPS) is 26.3. The molecule has 106 valence electrons. The standard InChI is InChI=1S/C13H23BN2O2S/c1-9(17)6-10-2-3-12-14(7-10)13(18)11(16-12)8-19-5-4-15/h10,12,16-18H,1-8,15H2. The summed E-state index contributed by atoms with van der Waals surface area (Å²) >= 11 is 1.75. The quantitative estimate of drug-likeness (QED) is 0.340. The van der Waals surface area contributed by atoms with Gasteiger partial charge < -0.3 is 21.3 Å². The molecule has 0 saturated carbocycles. The van der Waals surface area contributed by atoms with Gasteiger partial charge in [-0.1, -0.05) is 12.9 Å². The van der Waals surface area contributed by atoms with E-state index < -0.39 is 0 Å².